The quantitative estimate of drug-likeness (QED) is 0.512. The van der Waals surface area contributed by atoms with Crippen molar-refractivity contribution in [3.05, 3.63) is 59.3 Å². The molecule has 2 aromatic rings. The Morgan fingerprint density at radius 2 is 1.94 bits per heavy atom. The third kappa shape index (κ3) is 2.29. The van der Waals surface area contributed by atoms with E-state index in [1.165, 1.54) is 24.5 Å². The number of rotatable bonds is 3. The topological polar surface area (TPSA) is 54.0 Å². The zero-order valence-electron chi connectivity index (χ0n) is 9.80. The Morgan fingerprint density at radius 3 is 2.56 bits per heavy atom. The number of aromatic nitrogens is 1. The molecule has 0 radical (unpaired) electrons. The van der Waals surface area contributed by atoms with Crippen LogP contribution in [-0.2, 0) is 0 Å². The van der Waals surface area contributed by atoms with E-state index in [2.05, 4.69) is 0 Å². The molecule has 2 rings (SSSR count). The van der Waals surface area contributed by atoms with Crippen LogP contribution < -0.4 is 9.63 Å². The van der Waals surface area contributed by atoms with Crippen molar-refractivity contribution in [1.29, 1.82) is 5.41 Å². The number of nitrogens with zero attached hydrogens (tertiary/aromatic N) is 2. The minimum atomic E-state index is -0.301. The number of anilines is 2. The van der Waals surface area contributed by atoms with Gasteiger partial charge in [-0.3, -0.25) is 0 Å². The van der Waals surface area contributed by atoms with Crippen molar-refractivity contribution in [2.24, 2.45) is 0 Å². The van der Waals surface area contributed by atoms with Crippen LogP contribution in [0.15, 0.2) is 42.7 Å². The SMILES string of the molecule is CN(c1ccc(F)cc1)c1cc[n+]([O-])cc1C=N. The largest absolute Gasteiger partial charge is 0.619 e. The summed E-state index contributed by atoms with van der Waals surface area (Å²) in [7, 11) is 1.80. The Hall–Kier alpha value is -2.43. The Labute approximate surface area is 104 Å². The van der Waals surface area contributed by atoms with Crippen molar-refractivity contribution in [3.8, 4) is 0 Å². The third-order valence-electron chi connectivity index (χ3n) is 2.67. The lowest BCUT2D eigenvalue weighted by Crippen LogP contribution is -2.26. The summed E-state index contributed by atoms with van der Waals surface area (Å²) < 4.78 is 13.5. The maximum absolute atomic E-state index is 12.9. The minimum absolute atomic E-state index is 0.301. The van der Waals surface area contributed by atoms with E-state index < -0.39 is 0 Å². The highest BCUT2D eigenvalue weighted by Gasteiger charge is 2.10. The number of hydrogen-bond acceptors (Lipinski definition) is 3. The molecule has 0 aliphatic rings. The molecule has 5 heteroatoms. The second kappa shape index (κ2) is 4.83. The highest BCUT2D eigenvalue weighted by Crippen LogP contribution is 2.25. The van der Waals surface area contributed by atoms with Gasteiger partial charge in [-0.1, -0.05) is 0 Å². The molecule has 18 heavy (non-hydrogen) atoms. The highest BCUT2D eigenvalue weighted by atomic mass is 19.1. The van der Waals surface area contributed by atoms with Crippen LogP contribution in [0.1, 0.15) is 5.56 Å². The molecule has 1 N–H and O–H groups in total. The molecule has 0 spiro atoms. The van der Waals surface area contributed by atoms with E-state index in [4.69, 9.17) is 5.41 Å². The van der Waals surface area contributed by atoms with Crippen LogP contribution >= 0.6 is 0 Å². The lowest BCUT2D eigenvalue weighted by molar-refractivity contribution is -0.605. The predicted molar refractivity (Wildman–Crippen MR) is 67.8 cm³/mol. The number of hydrogen-bond donors (Lipinski definition) is 1. The Kier molecular flexibility index (Phi) is 3.23. The molecule has 0 bridgehead atoms. The number of pyridine rings is 1. The van der Waals surface area contributed by atoms with Gasteiger partial charge >= 0.3 is 0 Å². The summed E-state index contributed by atoms with van der Waals surface area (Å²) in [5, 5.41) is 18.5. The van der Waals surface area contributed by atoms with Gasteiger partial charge in [-0.05, 0) is 24.3 Å². The van der Waals surface area contributed by atoms with Gasteiger partial charge in [0.05, 0.1) is 11.3 Å². The molecule has 4 nitrogen and oxygen atoms in total. The lowest BCUT2D eigenvalue weighted by atomic mass is 10.2. The van der Waals surface area contributed by atoms with Gasteiger partial charge in [-0.25, -0.2) is 4.39 Å². The Morgan fingerprint density at radius 1 is 1.28 bits per heavy atom. The highest BCUT2D eigenvalue weighted by molar-refractivity contribution is 5.87. The van der Waals surface area contributed by atoms with Crippen molar-refractivity contribution >= 4 is 17.6 Å². The van der Waals surface area contributed by atoms with E-state index in [9.17, 15) is 9.60 Å². The average molecular weight is 245 g/mol. The zero-order chi connectivity index (χ0) is 13.1. The fraction of sp³-hybridized carbons (Fsp3) is 0.0769. The minimum Gasteiger partial charge on any atom is -0.619 e. The maximum Gasteiger partial charge on any atom is 0.191 e. The van der Waals surface area contributed by atoms with E-state index in [1.807, 2.05) is 0 Å². The first-order chi connectivity index (χ1) is 8.61. The van der Waals surface area contributed by atoms with Gasteiger partial charge in [0.15, 0.2) is 12.4 Å². The molecule has 0 atom stereocenters. The summed E-state index contributed by atoms with van der Waals surface area (Å²) in [6.45, 7) is 0. The van der Waals surface area contributed by atoms with Gasteiger partial charge in [0.25, 0.3) is 0 Å². The molecule has 0 aliphatic heterocycles. The molecule has 0 amide bonds. The third-order valence-corrected chi connectivity index (χ3v) is 2.67. The standard InChI is InChI=1S/C13H12FN3O/c1-16(12-4-2-11(14)3-5-12)13-6-7-17(18)9-10(13)8-15/h2-9,15H,1H3. The van der Waals surface area contributed by atoms with Gasteiger partial charge in [0.2, 0.25) is 0 Å². The van der Waals surface area contributed by atoms with Gasteiger partial charge in [0.1, 0.15) is 5.82 Å². The average Bonchev–Trinajstić information content (AvgIpc) is 2.38. The van der Waals surface area contributed by atoms with E-state index in [0.29, 0.717) is 16.0 Å². The summed E-state index contributed by atoms with van der Waals surface area (Å²) in [5.41, 5.74) is 1.99. The van der Waals surface area contributed by atoms with Crippen molar-refractivity contribution < 1.29 is 9.12 Å². The molecule has 0 fully saturated rings. The summed E-state index contributed by atoms with van der Waals surface area (Å²) in [6.07, 6.45) is 3.80. The fourth-order valence-corrected chi connectivity index (χ4v) is 1.71. The predicted octanol–water partition coefficient (Wildman–Crippen LogP) is 2.22. The van der Waals surface area contributed by atoms with Crippen LogP contribution in [0.3, 0.4) is 0 Å². The normalized spacial score (nSPS) is 10.1. The molecule has 0 saturated heterocycles. The van der Waals surface area contributed by atoms with Crippen LogP contribution in [0.2, 0.25) is 0 Å². The summed E-state index contributed by atoms with van der Waals surface area (Å²) in [6, 6.07) is 7.64. The number of halogens is 1. The zero-order valence-corrected chi connectivity index (χ0v) is 9.80. The van der Waals surface area contributed by atoms with Crippen molar-refractivity contribution in [2.75, 3.05) is 11.9 Å². The number of benzene rings is 1. The molecule has 0 aliphatic carbocycles. The van der Waals surface area contributed by atoms with Gasteiger partial charge in [0, 0.05) is 25.0 Å². The second-order valence-electron chi connectivity index (χ2n) is 3.83. The summed E-state index contributed by atoms with van der Waals surface area (Å²) in [4.78, 5) is 1.79. The molecule has 0 saturated carbocycles. The Balaban J connectivity index is 2.42. The molecule has 1 heterocycles. The molecule has 1 aromatic carbocycles. The van der Waals surface area contributed by atoms with Crippen molar-refractivity contribution in [1.82, 2.24) is 0 Å². The van der Waals surface area contributed by atoms with E-state index in [-0.39, 0.29) is 5.82 Å². The molecule has 92 valence electrons. The molecular formula is C13H12FN3O. The van der Waals surface area contributed by atoms with Crippen LogP contribution in [-0.4, -0.2) is 13.3 Å². The van der Waals surface area contributed by atoms with Crippen LogP contribution in [0, 0.1) is 16.4 Å². The lowest BCUT2D eigenvalue weighted by Gasteiger charge is -2.20. The van der Waals surface area contributed by atoms with Crippen LogP contribution in [0.25, 0.3) is 0 Å². The van der Waals surface area contributed by atoms with Crippen LogP contribution in [0.5, 0.6) is 0 Å². The second-order valence-corrected chi connectivity index (χ2v) is 3.83. The van der Waals surface area contributed by atoms with E-state index in [0.717, 1.165) is 11.9 Å². The first-order valence-electron chi connectivity index (χ1n) is 5.34. The van der Waals surface area contributed by atoms with Crippen molar-refractivity contribution in [2.45, 2.75) is 0 Å². The smallest absolute Gasteiger partial charge is 0.191 e. The van der Waals surface area contributed by atoms with Crippen molar-refractivity contribution in [3.63, 3.8) is 0 Å². The van der Waals surface area contributed by atoms with Gasteiger partial charge in [-0.15, -0.1) is 0 Å². The molecule has 1 aromatic heterocycles. The van der Waals surface area contributed by atoms with Gasteiger partial charge in [-0.2, -0.15) is 4.73 Å². The first-order valence-corrected chi connectivity index (χ1v) is 5.34. The summed E-state index contributed by atoms with van der Waals surface area (Å²) in [5.74, 6) is -0.301. The summed E-state index contributed by atoms with van der Waals surface area (Å²) >= 11 is 0. The first kappa shape index (κ1) is 12.0. The fourth-order valence-electron chi connectivity index (χ4n) is 1.71. The molecular weight excluding hydrogens is 233 g/mol. The van der Waals surface area contributed by atoms with E-state index >= 15 is 0 Å². The van der Waals surface area contributed by atoms with E-state index in [1.54, 1.807) is 30.1 Å². The molecule has 0 unspecified atom stereocenters. The maximum atomic E-state index is 12.9. The van der Waals surface area contributed by atoms with Gasteiger partial charge < -0.3 is 15.5 Å². The number of nitrogens with one attached hydrogen (secondary N) is 1. The monoisotopic (exact) mass is 245 g/mol. The van der Waals surface area contributed by atoms with Crippen LogP contribution in [0.4, 0.5) is 15.8 Å². The Bertz CT molecular complexity index is 569.